The van der Waals surface area contributed by atoms with Crippen molar-refractivity contribution < 1.29 is 14.3 Å². The number of pyridine rings is 1. The molecular weight excluding hydrogens is 289 g/mol. The van der Waals surface area contributed by atoms with Gasteiger partial charge in [-0.2, -0.15) is 0 Å². The van der Waals surface area contributed by atoms with Gasteiger partial charge in [-0.1, -0.05) is 0 Å². The second kappa shape index (κ2) is 5.51. The van der Waals surface area contributed by atoms with Crippen LogP contribution in [0.5, 0.6) is 0 Å². The number of rotatable bonds is 2. The number of aromatic amines is 1. The first-order chi connectivity index (χ1) is 10.5. The number of aliphatic hydroxyl groups is 1. The number of nitrogens with one attached hydrogen (secondary N) is 1. The fraction of sp³-hybridized carbons (Fsp3) is 0.333. The van der Waals surface area contributed by atoms with E-state index in [1.165, 1.54) is 17.0 Å². The summed E-state index contributed by atoms with van der Waals surface area (Å²) in [5.74, 6) is -0.400. The van der Waals surface area contributed by atoms with Gasteiger partial charge in [0.05, 0.1) is 6.54 Å². The molecule has 1 fully saturated rings. The molecule has 116 valence electrons. The summed E-state index contributed by atoms with van der Waals surface area (Å²) in [6.45, 7) is 0.0381. The molecule has 22 heavy (non-hydrogen) atoms. The SMILES string of the molecule is NCc1cc(=O)c2cc(C(=O)N3C[C@H](O)[C@@H](F)C3)ccc2[nH]1. The van der Waals surface area contributed by atoms with Crippen molar-refractivity contribution in [3.8, 4) is 0 Å². The lowest BCUT2D eigenvalue weighted by atomic mass is 10.1. The number of alkyl halides is 1. The van der Waals surface area contributed by atoms with Crippen LogP contribution in [0, 0.1) is 0 Å². The minimum absolute atomic E-state index is 0.0412. The van der Waals surface area contributed by atoms with Gasteiger partial charge in [0.1, 0.15) is 12.3 Å². The summed E-state index contributed by atoms with van der Waals surface area (Å²) in [5.41, 5.74) is 6.77. The van der Waals surface area contributed by atoms with E-state index in [-0.39, 0.29) is 25.1 Å². The summed E-state index contributed by atoms with van der Waals surface area (Å²) in [6, 6.07) is 6.07. The minimum atomic E-state index is -1.43. The Bertz CT molecular complexity index is 779. The van der Waals surface area contributed by atoms with E-state index >= 15 is 0 Å². The number of fused-ring (bicyclic) bond motifs is 1. The molecule has 0 spiro atoms. The summed E-state index contributed by atoms with van der Waals surface area (Å²) >= 11 is 0. The summed E-state index contributed by atoms with van der Waals surface area (Å²) in [4.78, 5) is 28.7. The van der Waals surface area contributed by atoms with E-state index in [9.17, 15) is 19.1 Å². The molecule has 1 aromatic heterocycles. The summed E-state index contributed by atoms with van der Waals surface area (Å²) in [5, 5.41) is 9.78. The van der Waals surface area contributed by atoms with Gasteiger partial charge in [-0.3, -0.25) is 9.59 Å². The van der Waals surface area contributed by atoms with Crippen LogP contribution in [0.1, 0.15) is 16.1 Å². The molecule has 2 aromatic rings. The van der Waals surface area contributed by atoms with Crippen molar-refractivity contribution in [2.75, 3.05) is 13.1 Å². The van der Waals surface area contributed by atoms with Gasteiger partial charge < -0.3 is 20.7 Å². The van der Waals surface area contributed by atoms with Crippen LogP contribution in [0.2, 0.25) is 0 Å². The first kappa shape index (κ1) is 14.7. The topological polar surface area (TPSA) is 99.4 Å². The molecule has 0 saturated carbocycles. The maximum Gasteiger partial charge on any atom is 0.254 e. The lowest BCUT2D eigenvalue weighted by Crippen LogP contribution is -2.29. The molecule has 0 unspecified atom stereocenters. The van der Waals surface area contributed by atoms with Crippen molar-refractivity contribution in [2.45, 2.75) is 18.8 Å². The molecule has 1 aromatic carbocycles. The largest absolute Gasteiger partial charge is 0.388 e. The number of halogens is 1. The van der Waals surface area contributed by atoms with Crippen LogP contribution in [0.3, 0.4) is 0 Å². The quantitative estimate of drug-likeness (QED) is 0.735. The van der Waals surface area contributed by atoms with Gasteiger partial charge in [0, 0.05) is 41.3 Å². The molecule has 1 aliphatic rings. The third kappa shape index (κ3) is 2.49. The fourth-order valence-electron chi connectivity index (χ4n) is 2.64. The second-order valence-electron chi connectivity index (χ2n) is 5.42. The number of likely N-dealkylation sites (tertiary alicyclic amines) is 1. The van der Waals surface area contributed by atoms with E-state index in [1.807, 2.05) is 0 Å². The molecule has 7 heteroatoms. The monoisotopic (exact) mass is 305 g/mol. The van der Waals surface area contributed by atoms with Crippen LogP contribution in [-0.2, 0) is 6.54 Å². The molecule has 0 aliphatic carbocycles. The Morgan fingerprint density at radius 2 is 2.18 bits per heavy atom. The molecule has 4 N–H and O–H groups in total. The predicted octanol–water partition coefficient (Wildman–Crippen LogP) is 0.142. The van der Waals surface area contributed by atoms with Crippen LogP contribution < -0.4 is 11.2 Å². The summed E-state index contributed by atoms with van der Waals surface area (Å²) in [7, 11) is 0. The first-order valence-electron chi connectivity index (χ1n) is 6.97. The number of amides is 1. The third-order valence-electron chi connectivity index (χ3n) is 3.86. The van der Waals surface area contributed by atoms with E-state index < -0.39 is 18.2 Å². The number of carbonyl (C=O) groups is 1. The fourth-order valence-corrected chi connectivity index (χ4v) is 2.64. The Hall–Kier alpha value is -2.25. The van der Waals surface area contributed by atoms with Crippen LogP contribution in [0.15, 0.2) is 29.1 Å². The standard InChI is InChI=1S/C15H16FN3O3/c16-11-6-19(7-14(11)21)15(22)8-1-2-12-10(3-8)13(20)4-9(5-17)18-12/h1-4,11,14,21H,5-7,17H2,(H,18,20)/t11-,14-/m0/s1. The molecule has 1 saturated heterocycles. The van der Waals surface area contributed by atoms with E-state index in [0.29, 0.717) is 22.2 Å². The number of hydrogen-bond donors (Lipinski definition) is 3. The number of aromatic nitrogens is 1. The van der Waals surface area contributed by atoms with E-state index in [4.69, 9.17) is 5.73 Å². The van der Waals surface area contributed by atoms with Crippen molar-refractivity contribution in [3.05, 3.63) is 45.7 Å². The number of nitrogens with zero attached hydrogens (tertiary/aromatic N) is 1. The zero-order valence-corrected chi connectivity index (χ0v) is 11.8. The highest BCUT2D eigenvalue weighted by Crippen LogP contribution is 2.18. The van der Waals surface area contributed by atoms with Crippen LogP contribution in [0.25, 0.3) is 10.9 Å². The molecule has 0 bridgehead atoms. The first-order valence-corrected chi connectivity index (χ1v) is 6.97. The molecule has 6 nitrogen and oxygen atoms in total. The number of benzene rings is 1. The molecule has 1 aliphatic heterocycles. The Kier molecular flexibility index (Phi) is 3.67. The van der Waals surface area contributed by atoms with Gasteiger partial charge in [0.2, 0.25) is 0 Å². The molecule has 3 rings (SSSR count). The summed E-state index contributed by atoms with van der Waals surface area (Å²) in [6.07, 6.45) is -2.58. The highest BCUT2D eigenvalue weighted by Gasteiger charge is 2.34. The maximum absolute atomic E-state index is 13.3. The van der Waals surface area contributed by atoms with Crippen LogP contribution in [-0.4, -0.2) is 46.3 Å². The highest BCUT2D eigenvalue weighted by atomic mass is 19.1. The summed E-state index contributed by atoms with van der Waals surface area (Å²) < 4.78 is 13.3. The zero-order valence-electron chi connectivity index (χ0n) is 11.8. The number of H-pyrrole nitrogens is 1. The van der Waals surface area contributed by atoms with Crippen LogP contribution >= 0.6 is 0 Å². The number of hydrogen-bond acceptors (Lipinski definition) is 4. The average Bonchev–Trinajstić information content (AvgIpc) is 2.85. The number of nitrogens with two attached hydrogens (primary N) is 1. The highest BCUT2D eigenvalue weighted by molar-refractivity contribution is 5.98. The normalized spacial score (nSPS) is 21.5. The average molecular weight is 305 g/mol. The van der Waals surface area contributed by atoms with Gasteiger partial charge in [0.25, 0.3) is 5.91 Å². The number of carbonyl (C=O) groups excluding carboxylic acids is 1. The molecule has 2 atom stereocenters. The molecule has 1 amide bonds. The van der Waals surface area contributed by atoms with Crippen molar-refractivity contribution in [1.82, 2.24) is 9.88 Å². The van der Waals surface area contributed by atoms with Crippen molar-refractivity contribution in [3.63, 3.8) is 0 Å². The van der Waals surface area contributed by atoms with Crippen molar-refractivity contribution in [1.29, 1.82) is 0 Å². The van der Waals surface area contributed by atoms with Gasteiger partial charge in [-0.05, 0) is 18.2 Å². The van der Waals surface area contributed by atoms with Gasteiger partial charge >= 0.3 is 0 Å². The lowest BCUT2D eigenvalue weighted by molar-refractivity contribution is 0.0764. The number of aliphatic hydroxyl groups excluding tert-OH is 1. The van der Waals surface area contributed by atoms with E-state index in [1.54, 1.807) is 12.1 Å². The van der Waals surface area contributed by atoms with E-state index in [0.717, 1.165) is 0 Å². The van der Waals surface area contributed by atoms with Gasteiger partial charge in [-0.25, -0.2) is 4.39 Å². The predicted molar refractivity (Wildman–Crippen MR) is 79.3 cm³/mol. The molecule has 0 radical (unpaired) electrons. The molecule has 2 heterocycles. The van der Waals surface area contributed by atoms with Crippen LogP contribution in [0.4, 0.5) is 4.39 Å². The number of β-amino-alcohol motifs (C(OH)–C–C–N with tert-alkyl or cyclic N) is 1. The Morgan fingerprint density at radius 1 is 1.41 bits per heavy atom. The Morgan fingerprint density at radius 3 is 2.82 bits per heavy atom. The molecular formula is C15H16FN3O3. The maximum atomic E-state index is 13.3. The zero-order chi connectivity index (χ0) is 15.9. The Balaban J connectivity index is 1.97. The Labute approximate surface area is 125 Å². The van der Waals surface area contributed by atoms with Crippen molar-refractivity contribution in [2.24, 2.45) is 5.73 Å². The van der Waals surface area contributed by atoms with Gasteiger partial charge in [0.15, 0.2) is 5.43 Å². The third-order valence-corrected chi connectivity index (χ3v) is 3.86. The minimum Gasteiger partial charge on any atom is -0.388 e. The van der Waals surface area contributed by atoms with Crippen molar-refractivity contribution >= 4 is 16.8 Å². The van der Waals surface area contributed by atoms with E-state index in [2.05, 4.69) is 4.98 Å². The smallest absolute Gasteiger partial charge is 0.254 e. The van der Waals surface area contributed by atoms with Gasteiger partial charge in [-0.15, -0.1) is 0 Å². The second-order valence-corrected chi connectivity index (χ2v) is 5.42. The lowest BCUT2D eigenvalue weighted by Gasteiger charge is -2.15.